The summed E-state index contributed by atoms with van der Waals surface area (Å²) < 4.78 is 11.8. The van der Waals surface area contributed by atoms with Gasteiger partial charge in [0.05, 0.1) is 12.2 Å². The van der Waals surface area contributed by atoms with Gasteiger partial charge in [-0.05, 0) is 98.0 Å². The van der Waals surface area contributed by atoms with E-state index >= 15 is 0 Å². The van der Waals surface area contributed by atoms with E-state index in [0.29, 0.717) is 30.3 Å². The van der Waals surface area contributed by atoms with Gasteiger partial charge in [0.15, 0.2) is 5.78 Å². The standard InChI is InChI=1S/C39H54O5/c1-25(40)44-31-15-16-37(6)27-14-17-38(7)30-23-35(4,24-43-33(42)26-12-10-9-11-13-26)18-19-36(30,5)20-21-39(38,8)32(27)28(41)22-29(37)34(31,2)3/h9-13,29-31H,14-24H2,1-8H3. The average molecular weight is 603 g/mol. The summed E-state index contributed by atoms with van der Waals surface area (Å²) in [6, 6.07) is 9.31. The molecule has 8 unspecified atom stereocenters. The number of ketones is 1. The van der Waals surface area contributed by atoms with E-state index in [1.54, 1.807) is 0 Å². The van der Waals surface area contributed by atoms with E-state index in [1.165, 1.54) is 12.5 Å². The predicted octanol–water partition coefficient (Wildman–Crippen LogP) is 8.90. The van der Waals surface area contributed by atoms with Gasteiger partial charge in [-0.2, -0.15) is 0 Å². The maximum Gasteiger partial charge on any atom is 0.338 e. The summed E-state index contributed by atoms with van der Waals surface area (Å²) in [6.07, 6.45) is 9.66. The molecule has 1 aromatic carbocycles. The van der Waals surface area contributed by atoms with Crippen LogP contribution in [-0.4, -0.2) is 30.4 Å². The summed E-state index contributed by atoms with van der Waals surface area (Å²) in [7, 11) is 0. The molecule has 240 valence electrons. The number of allylic oxidation sites excluding steroid dienone is 2. The first-order valence-electron chi connectivity index (χ1n) is 17.2. The van der Waals surface area contributed by atoms with Crippen molar-refractivity contribution >= 4 is 17.7 Å². The number of carbonyl (C=O) groups is 3. The number of hydrogen-bond donors (Lipinski definition) is 0. The lowest BCUT2D eigenvalue weighted by atomic mass is 9.35. The molecule has 1 aromatic rings. The van der Waals surface area contributed by atoms with Crippen molar-refractivity contribution in [3.05, 3.63) is 47.0 Å². The first-order chi connectivity index (χ1) is 20.5. The van der Waals surface area contributed by atoms with Crippen molar-refractivity contribution < 1.29 is 23.9 Å². The second-order valence-corrected chi connectivity index (χ2v) is 17.3. The van der Waals surface area contributed by atoms with Crippen molar-refractivity contribution in [3.8, 4) is 0 Å². The van der Waals surface area contributed by atoms with Gasteiger partial charge in [0.2, 0.25) is 0 Å². The number of esters is 2. The minimum absolute atomic E-state index is 0.00668. The van der Waals surface area contributed by atoms with Crippen molar-refractivity contribution in [2.24, 2.45) is 44.3 Å². The van der Waals surface area contributed by atoms with Crippen molar-refractivity contribution in [1.82, 2.24) is 0 Å². The van der Waals surface area contributed by atoms with Gasteiger partial charge in [0, 0.05) is 35.2 Å². The number of rotatable bonds is 4. The summed E-state index contributed by atoms with van der Waals surface area (Å²) in [5, 5.41) is 0. The predicted molar refractivity (Wildman–Crippen MR) is 172 cm³/mol. The maximum atomic E-state index is 14.5. The smallest absolute Gasteiger partial charge is 0.338 e. The van der Waals surface area contributed by atoms with Gasteiger partial charge in [-0.1, -0.05) is 72.2 Å². The maximum absolute atomic E-state index is 14.5. The molecule has 8 atom stereocenters. The molecule has 0 aliphatic heterocycles. The number of hydrogen-bond acceptors (Lipinski definition) is 5. The Morgan fingerprint density at radius 1 is 0.864 bits per heavy atom. The van der Waals surface area contributed by atoms with Crippen LogP contribution in [-0.2, 0) is 19.1 Å². The first kappa shape index (κ1) is 31.5. The molecule has 5 aliphatic rings. The van der Waals surface area contributed by atoms with Crippen LogP contribution in [0.5, 0.6) is 0 Å². The molecular weight excluding hydrogens is 548 g/mol. The highest BCUT2D eigenvalue weighted by atomic mass is 16.5. The fourth-order valence-corrected chi connectivity index (χ4v) is 11.5. The van der Waals surface area contributed by atoms with Crippen molar-refractivity contribution in [1.29, 1.82) is 0 Å². The second-order valence-electron chi connectivity index (χ2n) is 17.3. The van der Waals surface area contributed by atoms with Crippen molar-refractivity contribution in [3.63, 3.8) is 0 Å². The van der Waals surface area contributed by atoms with Crippen LogP contribution in [0.4, 0.5) is 0 Å². The van der Waals surface area contributed by atoms with Gasteiger partial charge in [-0.25, -0.2) is 4.79 Å². The van der Waals surface area contributed by atoms with E-state index in [9.17, 15) is 14.4 Å². The van der Waals surface area contributed by atoms with E-state index in [4.69, 9.17) is 9.47 Å². The Labute approximate surface area is 264 Å². The van der Waals surface area contributed by atoms with Crippen molar-refractivity contribution in [2.75, 3.05) is 6.61 Å². The zero-order valence-electron chi connectivity index (χ0n) is 28.4. The number of benzene rings is 1. The molecule has 5 heteroatoms. The van der Waals surface area contributed by atoms with Gasteiger partial charge in [-0.15, -0.1) is 0 Å². The van der Waals surface area contributed by atoms with Crippen LogP contribution < -0.4 is 0 Å². The summed E-state index contributed by atoms with van der Waals surface area (Å²) in [4.78, 5) is 39.4. The lowest BCUT2D eigenvalue weighted by molar-refractivity contribution is -0.174. The van der Waals surface area contributed by atoms with E-state index < -0.39 is 0 Å². The Morgan fingerprint density at radius 3 is 2.23 bits per heavy atom. The third-order valence-electron chi connectivity index (χ3n) is 14.5. The normalized spacial score (nSPS) is 42.7. The molecule has 5 nitrogen and oxygen atoms in total. The highest BCUT2D eigenvalue weighted by Gasteiger charge is 2.67. The Hall–Kier alpha value is -2.43. The molecule has 0 amide bonds. The molecule has 3 saturated carbocycles. The Balaban J connectivity index is 1.31. The van der Waals surface area contributed by atoms with Crippen LogP contribution in [0, 0.1) is 44.3 Å². The fraction of sp³-hybridized carbons (Fsp3) is 0.718. The number of ether oxygens (including phenoxy) is 2. The largest absolute Gasteiger partial charge is 0.462 e. The van der Waals surface area contributed by atoms with Gasteiger partial charge in [0.25, 0.3) is 0 Å². The van der Waals surface area contributed by atoms with E-state index in [1.807, 2.05) is 30.3 Å². The van der Waals surface area contributed by atoms with Crippen LogP contribution in [0.2, 0.25) is 0 Å². The summed E-state index contributed by atoms with van der Waals surface area (Å²) in [5.74, 6) is 0.486. The van der Waals surface area contributed by atoms with Crippen LogP contribution in [0.15, 0.2) is 41.5 Å². The summed E-state index contributed by atoms with van der Waals surface area (Å²) in [5.41, 5.74) is 2.83. The number of Topliss-reactive ketones (excluding diaryl/α,β-unsaturated/α-hetero) is 1. The molecule has 0 heterocycles. The highest BCUT2D eigenvalue weighted by Crippen LogP contribution is 2.74. The zero-order chi connectivity index (χ0) is 31.9. The quantitative estimate of drug-likeness (QED) is 0.322. The minimum Gasteiger partial charge on any atom is -0.462 e. The molecule has 0 bridgehead atoms. The van der Waals surface area contributed by atoms with Crippen LogP contribution in [0.1, 0.15) is 130 Å². The Morgan fingerprint density at radius 2 is 1.55 bits per heavy atom. The Bertz CT molecular complexity index is 1390. The molecular formula is C39H54O5. The molecule has 0 N–H and O–H groups in total. The van der Waals surface area contributed by atoms with E-state index in [2.05, 4.69) is 48.5 Å². The highest BCUT2D eigenvalue weighted by molar-refractivity contribution is 5.99. The third kappa shape index (κ3) is 4.56. The lowest BCUT2D eigenvalue weighted by Crippen LogP contribution is -2.63. The molecule has 0 radical (unpaired) electrons. The molecule has 3 fully saturated rings. The van der Waals surface area contributed by atoms with E-state index in [0.717, 1.165) is 63.4 Å². The van der Waals surface area contributed by atoms with Gasteiger partial charge >= 0.3 is 11.9 Å². The zero-order valence-corrected chi connectivity index (χ0v) is 28.4. The van der Waals surface area contributed by atoms with Gasteiger partial charge in [0.1, 0.15) is 6.10 Å². The number of fused-ring (bicyclic) bond motifs is 6. The lowest BCUT2D eigenvalue weighted by Gasteiger charge is -2.69. The molecule has 0 spiro atoms. The van der Waals surface area contributed by atoms with Crippen LogP contribution in [0.25, 0.3) is 0 Å². The molecule has 6 rings (SSSR count). The van der Waals surface area contributed by atoms with Gasteiger partial charge < -0.3 is 9.47 Å². The summed E-state index contributed by atoms with van der Waals surface area (Å²) >= 11 is 0. The first-order valence-corrected chi connectivity index (χ1v) is 17.2. The third-order valence-corrected chi connectivity index (χ3v) is 14.5. The number of carbonyl (C=O) groups excluding carboxylic acids is 3. The van der Waals surface area contributed by atoms with Gasteiger partial charge in [-0.3, -0.25) is 9.59 Å². The summed E-state index contributed by atoms with van der Waals surface area (Å²) in [6.45, 7) is 18.5. The van der Waals surface area contributed by atoms with E-state index in [-0.39, 0.29) is 56.5 Å². The topological polar surface area (TPSA) is 69.7 Å². The SMILES string of the molecule is CC(=O)OC1CCC2(C)C3=C(C(=O)CC2C1(C)C)C1(C)CCC2(C)CCC(C)(COC(=O)c4ccccc4)CC2C1(C)CC3. The minimum atomic E-state index is -0.262. The monoisotopic (exact) mass is 602 g/mol. The molecule has 44 heavy (non-hydrogen) atoms. The molecule has 5 aliphatic carbocycles. The van der Waals surface area contributed by atoms with Crippen molar-refractivity contribution in [2.45, 2.75) is 126 Å². The Kier molecular flexibility index (Phi) is 7.38. The molecule has 0 saturated heterocycles. The molecule has 0 aromatic heterocycles. The van der Waals surface area contributed by atoms with Crippen LogP contribution >= 0.6 is 0 Å². The second kappa shape index (κ2) is 10.3. The van der Waals surface area contributed by atoms with Crippen LogP contribution in [0.3, 0.4) is 0 Å². The average Bonchev–Trinajstić information content (AvgIpc) is 2.97. The fourth-order valence-electron chi connectivity index (χ4n) is 11.5.